The lowest BCUT2D eigenvalue weighted by Gasteiger charge is -2.33. The van der Waals surface area contributed by atoms with E-state index in [0.717, 1.165) is 17.5 Å². The molecule has 0 saturated heterocycles. The van der Waals surface area contributed by atoms with Crippen molar-refractivity contribution in [1.82, 2.24) is 4.90 Å². The maximum Gasteiger partial charge on any atom is 0.312 e. The number of hydrogen-bond acceptors (Lipinski definition) is 3. The number of benzene rings is 1. The van der Waals surface area contributed by atoms with Gasteiger partial charge in [-0.25, -0.2) is 0 Å². The average molecular weight is 290 g/mol. The molecule has 1 amide bonds. The summed E-state index contributed by atoms with van der Waals surface area (Å²) in [5.41, 5.74) is 7.31. The van der Waals surface area contributed by atoms with Crippen molar-refractivity contribution in [2.24, 2.45) is 11.7 Å². The van der Waals surface area contributed by atoms with E-state index in [0.29, 0.717) is 25.4 Å². The molecule has 1 heterocycles. The maximum absolute atomic E-state index is 12.3. The zero-order valence-electron chi connectivity index (χ0n) is 12.3. The quantitative estimate of drug-likeness (QED) is 0.862. The van der Waals surface area contributed by atoms with Crippen LogP contribution in [0.2, 0.25) is 0 Å². The molecule has 0 aliphatic carbocycles. The SMILES string of the molecule is CC(CN)CCC(=O)N1Cc2ccccc2C(C(=O)O)C1. The fourth-order valence-electron chi connectivity index (χ4n) is 2.65. The molecule has 0 bridgehead atoms. The fourth-order valence-corrected chi connectivity index (χ4v) is 2.65. The maximum atomic E-state index is 12.3. The van der Waals surface area contributed by atoms with Crippen molar-refractivity contribution in [2.75, 3.05) is 13.1 Å². The van der Waals surface area contributed by atoms with Crippen molar-refractivity contribution in [3.63, 3.8) is 0 Å². The molecule has 21 heavy (non-hydrogen) atoms. The zero-order valence-corrected chi connectivity index (χ0v) is 12.3. The highest BCUT2D eigenvalue weighted by Crippen LogP contribution is 2.29. The number of carboxylic acid groups (broad SMARTS) is 1. The predicted octanol–water partition coefficient (Wildman–Crippen LogP) is 1.57. The van der Waals surface area contributed by atoms with E-state index < -0.39 is 11.9 Å². The summed E-state index contributed by atoms with van der Waals surface area (Å²) in [4.78, 5) is 25.4. The van der Waals surface area contributed by atoms with Crippen LogP contribution in [-0.4, -0.2) is 35.0 Å². The summed E-state index contributed by atoms with van der Waals surface area (Å²) < 4.78 is 0. The van der Waals surface area contributed by atoms with Gasteiger partial charge in [-0.1, -0.05) is 31.2 Å². The highest BCUT2D eigenvalue weighted by molar-refractivity contribution is 5.81. The Balaban J connectivity index is 2.10. The molecule has 5 heteroatoms. The van der Waals surface area contributed by atoms with Crippen molar-refractivity contribution in [3.8, 4) is 0 Å². The minimum absolute atomic E-state index is 0.0102. The van der Waals surface area contributed by atoms with Crippen molar-refractivity contribution in [2.45, 2.75) is 32.2 Å². The van der Waals surface area contributed by atoms with Crippen LogP contribution in [0.3, 0.4) is 0 Å². The molecule has 0 radical (unpaired) electrons. The van der Waals surface area contributed by atoms with Crippen LogP contribution >= 0.6 is 0 Å². The summed E-state index contributed by atoms with van der Waals surface area (Å²) in [5.74, 6) is -1.20. The smallest absolute Gasteiger partial charge is 0.312 e. The standard InChI is InChI=1S/C16H22N2O3/c1-11(8-17)6-7-15(19)18-9-12-4-2-3-5-13(12)14(10-18)16(20)21/h2-5,11,14H,6-10,17H2,1H3,(H,20,21). The molecule has 0 fully saturated rings. The average Bonchev–Trinajstić information content (AvgIpc) is 2.50. The molecule has 2 atom stereocenters. The third kappa shape index (κ3) is 3.61. The largest absolute Gasteiger partial charge is 0.481 e. The lowest BCUT2D eigenvalue weighted by Crippen LogP contribution is -2.40. The van der Waals surface area contributed by atoms with Crippen LogP contribution in [0.5, 0.6) is 0 Å². The van der Waals surface area contributed by atoms with Crippen LogP contribution in [0.4, 0.5) is 0 Å². The number of nitrogens with zero attached hydrogens (tertiary/aromatic N) is 1. The molecule has 114 valence electrons. The summed E-state index contributed by atoms with van der Waals surface area (Å²) in [7, 11) is 0. The predicted molar refractivity (Wildman–Crippen MR) is 79.7 cm³/mol. The Hall–Kier alpha value is -1.88. The van der Waals surface area contributed by atoms with E-state index in [1.807, 2.05) is 31.2 Å². The van der Waals surface area contributed by atoms with Crippen LogP contribution in [-0.2, 0) is 16.1 Å². The van der Waals surface area contributed by atoms with E-state index >= 15 is 0 Å². The lowest BCUT2D eigenvalue weighted by molar-refractivity contribution is -0.141. The molecular weight excluding hydrogens is 268 g/mol. The number of rotatable bonds is 5. The molecule has 1 aromatic rings. The van der Waals surface area contributed by atoms with Gasteiger partial charge in [0.2, 0.25) is 5.91 Å². The Morgan fingerprint density at radius 2 is 2.14 bits per heavy atom. The first kappa shape index (κ1) is 15.5. The molecule has 2 rings (SSSR count). The summed E-state index contributed by atoms with van der Waals surface area (Å²) in [6.07, 6.45) is 1.16. The van der Waals surface area contributed by atoms with Crippen LogP contribution < -0.4 is 5.73 Å². The Labute approximate surface area is 124 Å². The minimum Gasteiger partial charge on any atom is -0.481 e. The van der Waals surface area contributed by atoms with Crippen molar-refractivity contribution in [3.05, 3.63) is 35.4 Å². The van der Waals surface area contributed by atoms with E-state index in [1.165, 1.54) is 0 Å². The van der Waals surface area contributed by atoms with Gasteiger partial charge >= 0.3 is 5.97 Å². The normalized spacial score (nSPS) is 19.0. The molecule has 3 N–H and O–H groups in total. The molecule has 5 nitrogen and oxygen atoms in total. The fraction of sp³-hybridized carbons (Fsp3) is 0.500. The van der Waals surface area contributed by atoms with Gasteiger partial charge in [-0.15, -0.1) is 0 Å². The first-order valence-electron chi connectivity index (χ1n) is 7.31. The van der Waals surface area contributed by atoms with Gasteiger partial charge in [0.05, 0.1) is 5.92 Å². The number of nitrogens with two attached hydrogens (primary N) is 1. The van der Waals surface area contributed by atoms with E-state index in [2.05, 4.69) is 0 Å². The highest BCUT2D eigenvalue weighted by atomic mass is 16.4. The van der Waals surface area contributed by atoms with Gasteiger partial charge in [0.1, 0.15) is 0 Å². The topological polar surface area (TPSA) is 83.6 Å². The Morgan fingerprint density at radius 1 is 1.43 bits per heavy atom. The molecule has 1 aromatic carbocycles. The summed E-state index contributed by atoms with van der Waals surface area (Å²) in [5, 5.41) is 9.39. The number of carbonyl (C=O) groups excluding carboxylic acids is 1. The monoisotopic (exact) mass is 290 g/mol. The van der Waals surface area contributed by atoms with Gasteiger partial charge in [0.25, 0.3) is 0 Å². The summed E-state index contributed by atoms with van der Waals surface area (Å²) >= 11 is 0. The van der Waals surface area contributed by atoms with Crippen molar-refractivity contribution >= 4 is 11.9 Å². The molecule has 2 unspecified atom stereocenters. The number of amides is 1. The number of aliphatic carboxylic acids is 1. The third-order valence-electron chi connectivity index (χ3n) is 4.10. The van der Waals surface area contributed by atoms with Gasteiger partial charge in [0, 0.05) is 19.5 Å². The zero-order chi connectivity index (χ0) is 15.4. The Morgan fingerprint density at radius 3 is 2.81 bits per heavy atom. The second-order valence-corrected chi connectivity index (χ2v) is 5.74. The second kappa shape index (κ2) is 6.72. The molecule has 0 saturated carbocycles. The summed E-state index contributed by atoms with van der Waals surface area (Å²) in [6.45, 7) is 3.32. The van der Waals surface area contributed by atoms with E-state index in [-0.39, 0.29) is 12.5 Å². The Kier molecular flexibility index (Phi) is 4.96. The molecular formula is C16H22N2O3. The molecule has 1 aliphatic heterocycles. The first-order valence-corrected chi connectivity index (χ1v) is 7.31. The number of hydrogen-bond donors (Lipinski definition) is 2. The van der Waals surface area contributed by atoms with E-state index in [9.17, 15) is 14.7 Å². The van der Waals surface area contributed by atoms with Crippen LogP contribution in [0.15, 0.2) is 24.3 Å². The van der Waals surface area contributed by atoms with Crippen LogP contribution in [0, 0.1) is 5.92 Å². The van der Waals surface area contributed by atoms with Gasteiger partial charge in [-0.2, -0.15) is 0 Å². The molecule has 0 spiro atoms. The summed E-state index contributed by atoms with van der Waals surface area (Å²) in [6, 6.07) is 7.46. The van der Waals surface area contributed by atoms with Gasteiger partial charge in [-0.3, -0.25) is 9.59 Å². The first-order chi connectivity index (χ1) is 10.0. The van der Waals surface area contributed by atoms with E-state index in [1.54, 1.807) is 4.90 Å². The number of carbonyl (C=O) groups is 2. The highest BCUT2D eigenvalue weighted by Gasteiger charge is 2.32. The molecule has 1 aliphatic rings. The third-order valence-corrected chi connectivity index (χ3v) is 4.10. The van der Waals surface area contributed by atoms with Crippen molar-refractivity contribution < 1.29 is 14.7 Å². The van der Waals surface area contributed by atoms with Crippen LogP contribution in [0.1, 0.15) is 36.8 Å². The van der Waals surface area contributed by atoms with Crippen LogP contribution in [0.25, 0.3) is 0 Å². The van der Waals surface area contributed by atoms with Gasteiger partial charge in [-0.05, 0) is 30.0 Å². The second-order valence-electron chi connectivity index (χ2n) is 5.74. The minimum atomic E-state index is -0.879. The Bertz CT molecular complexity index is 530. The number of fused-ring (bicyclic) bond motifs is 1. The van der Waals surface area contributed by atoms with Gasteiger partial charge < -0.3 is 15.7 Å². The van der Waals surface area contributed by atoms with E-state index in [4.69, 9.17) is 5.73 Å². The van der Waals surface area contributed by atoms with Gasteiger partial charge in [0.15, 0.2) is 0 Å². The lowest BCUT2D eigenvalue weighted by atomic mass is 9.89. The van der Waals surface area contributed by atoms with Crippen molar-refractivity contribution in [1.29, 1.82) is 0 Å². The molecule has 0 aromatic heterocycles. The number of carboxylic acids is 1.